The number of carbonyl (C=O) groups excluding carboxylic acids is 1. The third kappa shape index (κ3) is 4.14. The summed E-state index contributed by atoms with van der Waals surface area (Å²) in [5.74, 6) is 1.42. The lowest BCUT2D eigenvalue weighted by molar-refractivity contribution is -0.113. The Morgan fingerprint density at radius 3 is 2.69 bits per heavy atom. The average Bonchev–Trinajstić information content (AvgIpc) is 3.20. The standard InChI is InChI=1S/C23H26N6O3/c1-13(2)32-18-10-9-16(12-19(18)31-5)21-20(15(4)24-23-26-27-28-29(21)23)22(30)25-17-8-6-7-14(3)11-17/h6-13,21H,1-5H3,(H,25,30)(H,24,26,28). The summed E-state index contributed by atoms with van der Waals surface area (Å²) in [6.45, 7) is 7.72. The Morgan fingerprint density at radius 1 is 1.16 bits per heavy atom. The number of aromatic nitrogens is 4. The van der Waals surface area contributed by atoms with Gasteiger partial charge in [0.25, 0.3) is 5.91 Å². The van der Waals surface area contributed by atoms with Gasteiger partial charge in [-0.05, 0) is 73.5 Å². The van der Waals surface area contributed by atoms with Gasteiger partial charge in [-0.3, -0.25) is 4.79 Å². The van der Waals surface area contributed by atoms with E-state index in [2.05, 4.69) is 26.2 Å². The highest BCUT2D eigenvalue weighted by Gasteiger charge is 2.34. The Bertz CT molecular complexity index is 1180. The van der Waals surface area contributed by atoms with E-state index in [0.29, 0.717) is 28.7 Å². The molecule has 4 rings (SSSR count). The van der Waals surface area contributed by atoms with Crippen LogP contribution in [-0.4, -0.2) is 39.3 Å². The molecular formula is C23H26N6O3. The zero-order chi connectivity index (χ0) is 22.8. The van der Waals surface area contributed by atoms with Gasteiger partial charge in [-0.1, -0.05) is 23.3 Å². The minimum Gasteiger partial charge on any atom is -0.493 e. The van der Waals surface area contributed by atoms with Crippen LogP contribution < -0.4 is 20.1 Å². The van der Waals surface area contributed by atoms with Crippen LogP contribution in [0.5, 0.6) is 11.5 Å². The van der Waals surface area contributed by atoms with Gasteiger partial charge < -0.3 is 20.1 Å². The van der Waals surface area contributed by atoms with Crippen LogP contribution in [0.15, 0.2) is 53.7 Å². The highest BCUT2D eigenvalue weighted by Crippen LogP contribution is 2.38. The minimum absolute atomic E-state index is 0.00226. The van der Waals surface area contributed by atoms with Crippen molar-refractivity contribution in [2.24, 2.45) is 0 Å². The smallest absolute Gasteiger partial charge is 0.255 e. The molecule has 2 heterocycles. The van der Waals surface area contributed by atoms with E-state index in [9.17, 15) is 4.79 Å². The molecule has 1 atom stereocenters. The summed E-state index contributed by atoms with van der Waals surface area (Å²) >= 11 is 0. The Labute approximate surface area is 186 Å². The molecule has 9 heteroatoms. The van der Waals surface area contributed by atoms with Crippen LogP contribution >= 0.6 is 0 Å². The first kappa shape index (κ1) is 21.4. The quantitative estimate of drug-likeness (QED) is 0.610. The molecule has 0 fully saturated rings. The SMILES string of the molecule is COc1cc(C2C(C(=O)Nc3cccc(C)c3)=C(C)Nc3nnnn32)ccc1OC(C)C. The van der Waals surface area contributed by atoms with Crippen molar-refractivity contribution in [1.29, 1.82) is 0 Å². The van der Waals surface area contributed by atoms with Gasteiger partial charge in [0.1, 0.15) is 6.04 Å². The third-order valence-electron chi connectivity index (χ3n) is 5.10. The molecule has 2 aromatic carbocycles. The minimum atomic E-state index is -0.548. The van der Waals surface area contributed by atoms with Gasteiger partial charge in [-0.25, -0.2) is 0 Å². The van der Waals surface area contributed by atoms with E-state index in [1.807, 2.05) is 70.2 Å². The molecule has 0 radical (unpaired) electrons. The van der Waals surface area contributed by atoms with Gasteiger partial charge in [0.2, 0.25) is 5.95 Å². The number of amides is 1. The van der Waals surface area contributed by atoms with Crippen LogP contribution in [-0.2, 0) is 4.79 Å². The summed E-state index contributed by atoms with van der Waals surface area (Å²) in [5, 5.41) is 18.1. The number of hydrogen-bond donors (Lipinski definition) is 2. The predicted molar refractivity (Wildman–Crippen MR) is 121 cm³/mol. The lowest BCUT2D eigenvalue weighted by Gasteiger charge is -2.28. The Balaban J connectivity index is 1.76. The normalized spacial score (nSPS) is 15.2. The topological polar surface area (TPSA) is 103 Å². The van der Waals surface area contributed by atoms with E-state index >= 15 is 0 Å². The van der Waals surface area contributed by atoms with Crippen molar-refractivity contribution in [2.75, 3.05) is 17.7 Å². The molecule has 1 aliphatic heterocycles. The Morgan fingerprint density at radius 2 is 1.97 bits per heavy atom. The van der Waals surface area contributed by atoms with Crippen molar-refractivity contribution in [3.8, 4) is 11.5 Å². The molecule has 0 spiro atoms. The zero-order valence-corrected chi connectivity index (χ0v) is 18.7. The number of tetrazole rings is 1. The largest absolute Gasteiger partial charge is 0.493 e. The molecule has 2 N–H and O–H groups in total. The molecule has 1 unspecified atom stereocenters. The molecule has 1 amide bonds. The number of ether oxygens (including phenoxy) is 2. The molecule has 0 saturated heterocycles. The van der Waals surface area contributed by atoms with Gasteiger partial charge in [-0.15, -0.1) is 0 Å². The second-order valence-corrected chi connectivity index (χ2v) is 7.91. The molecule has 3 aromatic rings. The van der Waals surface area contributed by atoms with Gasteiger partial charge in [-0.2, -0.15) is 4.68 Å². The maximum absolute atomic E-state index is 13.4. The van der Waals surface area contributed by atoms with Crippen molar-refractivity contribution in [3.63, 3.8) is 0 Å². The summed E-state index contributed by atoms with van der Waals surface area (Å²) < 4.78 is 13.0. The van der Waals surface area contributed by atoms with E-state index < -0.39 is 6.04 Å². The average molecular weight is 435 g/mol. The number of allylic oxidation sites excluding steroid dienone is 1. The van der Waals surface area contributed by atoms with Gasteiger partial charge in [0, 0.05) is 11.4 Å². The number of nitrogens with one attached hydrogen (secondary N) is 2. The van der Waals surface area contributed by atoms with E-state index in [-0.39, 0.29) is 12.0 Å². The molecule has 1 aromatic heterocycles. The number of benzene rings is 2. The van der Waals surface area contributed by atoms with Crippen molar-refractivity contribution >= 4 is 17.5 Å². The monoisotopic (exact) mass is 434 g/mol. The number of nitrogens with zero attached hydrogens (tertiary/aromatic N) is 4. The summed E-state index contributed by atoms with van der Waals surface area (Å²) in [6, 6.07) is 12.7. The van der Waals surface area contributed by atoms with Crippen LogP contribution in [0.3, 0.4) is 0 Å². The summed E-state index contributed by atoms with van der Waals surface area (Å²) in [6.07, 6.45) is -0.00226. The second kappa shape index (κ2) is 8.70. The van der Waals surface area contributed by atoms with Crippen LogP contribution in [0.25, 0.3) is 0 Å². The number of aryl methyl sites for hydroxylation is 1. The first-order valence-corrected chi connectivity index (χ1v) is 10.4. The summed E-state index contributed by atoms with van der Waals surface area (Å²) in [5.41, 5.74) is 3.74. The zero-order valence-electron chi connectivity index (χ0n) is 18.7. The Hall–Kier alpha value is -3.88. The van der Waals surface area contributed by atoms with Gasteiger partial charge >= 0.3 is 0 Å². The van der Waals surface area contributed by atoms with E-state index in [1.54, 1.807) is 11.8 Å². The predicted octanol–water partition coefficient (Wildman–Crippen LogP) is 3.70. The maximum Gasteiger partial charge on any atom is 0.255 e. The molecule has 32 heavy (non-hydrogen) atoms. The van der Waals surface area contributed by atoms with Gasteiger partial charge in [0.05, 0.1) is 18.8 Å². The molecule has 0 bridgehead atoms. The molecule has 1 aliphatic rings. The second-order valence-electron chi connectivity index (χ2n) is 7.91. The highest BCUT2D eigenvalue weighted by atomic mass is 16.5. The fraction of sp³-hybridized carbons (Fsp3) is 0.304. The number of fused-ring (bicyclic) bond motifs is 1. The van der Waals surface area contributed by atoms with Crippen molar-refractivity contribution < 1.29 is 14.3 Å². The van der Waals surface area contributed by atoms with Crippen molar-refractivity contribution in [1.82, 2.24) is 20.2 Å². The van der Waals surface area contributed by atoms with Crippen LogP contribution in [0.1, 0.15) is 37.9 Å². The first-order chi connectivity index (χ1) is 15.4. The fourth-order valence-electron chi connectivity index (χ4n) is 3.74. The van der Waals surface area contributed by atoms with E-state index in [0.717, 1.165) is 16.8 Å². The maximum atomic E-state index is 13.4. The Kier molecular flexibility index (Phi) is 5.81. The molecule has 0 saturated carbocycles. The molecular weight excluding hydrogens is 408 g/mol. The molecule has 166 valence electrons. The molecule has 0 aliphatic carbocycles. The lowest BCUT2D eigenvalue weighted by atomic mass is 9.94. The summed E-state index contributed by atoms with van der Waals surface area (Å²) in [7, 11) is 1.59. The van der Waals surface area contributed by atoms with Crippen molar-refractivity contribution in [3.05, 3.63) is 64.9 Å². The molecule has 9 nitrogen and oxygen atoms in total. The number of hydrogen-bond acceptors (Lipinski definition) is 7. The van der Waals surface area contributed by atoms with Crippen LogP contribution in [0.4, 0.5) is 11.6 Å². The van der Waals surface area contributed by atoms with Crippen molar-refractivity contribution in [2.45, 2.75) is 39.8 Å². The lowest BCUT2D eigenvalue weighted by Crippen LogP contribution is -2.31. The van der Waals surface area contributed by atoms with E-state index in [1.165, 1.54) is 0 Å². The number of methoxy groups -OCH3 is 1. The number of anilines is 2. The fourth-order valence-corrected chi connectivity index (χ4v) is 3.74. The number of carbonyl (C=O) groups is 1. The summed E-state index contributed by atoms with van der Waals surface area (Å²) in [4.78, 5) is 13.4. The highest BCUT2D eigenvalue weighted by molar-refractivity contribution is 6.06. The number of rotatable bonds is 6. The van der Waals surface area contributed by atoms with Crippen LogP contribution in [0, 0.1) is 6.92 Å². The van der Waals surface area contributed by atoms with Gasteiger partial charge in [0.15, 0.2) is 11.5 Å². The third-order valence-corrected chi connectivity index (χ3v) is 5.10. The van der Waals surface area contributed by atoms with Crippen LogP contribution in [0.2, 0.25) is 0 Å². The van der Waals surface area contributed by atoms with E-state index in [4.69, 9.17) is 9.47 Å². The first-order valence-electron chi connectivity index (χ1n) is 10.4.